The minimum Gasteiger partial charge on any atom is -0.444 e. The van der Waals surface area contributed by atoms with Crippen LogP contribution in [0.4, 0.5) is 4.79 Å². The molecule has 0 atom stereocenters. The molecule has 0 N–H and O–H groups in total. The van der Waals surface area contributed by atoms with Crippen LogP contribution in [0.5, 0.6) is 0 Å². The van der Waals surface area contributed by atoms with E-state index < -0.39 is 0 Å². The second kappa shape index (κ2) is 8.56. The van der Waals surface area contributed by atoms with Crippen molar-refractivity contribution in [1.29, 1.82) is 0 Å². The number of aromatic nitrogens is 1. The summed E-state index contributed by atoms with van der Waals surface area (Å²) in [6.45, 7) is 7.95. The molecule has 1 aliphatic heterocycles. The molecule has 0 bridgehead atoms. The Labute approximate surface area is 158 Å². The van der Waals surface area contributed by atoms with Crippen molar-refractivity contribution in [2.24, 2.45) is 0 Å². The number of amides is 1. The highest BCUT2D eigenvalue weighted by atomic mass is 35.5. The van der Waals surface area contributed by atoms with Gasteiger partial charge in [-0.1, -0.05) is 35.0 Å². The molecule has 1 aliphatic rings. The van der Waals surface area contributed by atoms with E-state index in [2.05, 4.69) is 10.1 Å². The first-order valence-corrected chi connectivity index (χ1v) is 9.21. The second-order valence-electron chi connectivity index (χ2n) is 6.57. The summed E-state index contributed by atoms with van der Waals surface area (Å²) in [4.78, 5) is 16.5. The fraction of sp³-hybridized carbons (Fsp3) is 0.474. The molecule has 2 heterocycles. The molecule has 7 heteroatoms. The van der Waals surface area contributed by atoms with Gasteiger partial charge in [-0.3, -0.25) is 4.90 Å². The lowest BCUT2D eigenvalue weighted by Crippen LogP contribution is -2.35. The van der Waals surface area contributed by atoms with Gasteiger partial charge < -0.3 is 14.2 Å². The van der Waals surface area contributed by atoms with Crippen LogP contribution in [0.15, 0.2) is 28.8 Å². The lowest BCUT2D eigenvalue weighted by Gasteiger charge is -2.21. The van der Waals surface area contributed by atoms with Gasteiger partial charge in [-0.15, -0.1) is 0 Å². The van der Waals surface area contributed by atoms with Crippen LogP contribution in [-0.2, 0) is 17.9 Å². The number of benzene rings is 1. The quantitative estimate of drug-likeness (QED) is 0.811. The van der Waals surface area contributed by atoms with Crippen LogP contribution < -0.4 is 0 Å². The van der Waals surface area contributed by atoms with Crippen molar-refractivity contribution in [1.82, 2.24) is 15.0 Å². The standard InChI is InChI=1S/C19H24ClN3O3/c1-14-17(15(2)26-21-14)12-22-8-5-9-23(11-10-22)19(24)25-13-16-6-3-4-7-18(16)20/h3-4,6-7H,5,8-13H2,1-2H3. The summed E-state index contributed by atoms with van der Waals surface area (Å²) in [5, 5.41) is 4.62. The van der Waals surface area contributed by atoms with E-state index in [1.54, 1.807) is 11.0 Å². The number of carbonyl (C=O) groups excluding carboxylic acids is 1. The zero-order valence-electron chi connectivity index (χ0n) is 15.2. The van der Waals surface area contributed by atoms with E-state index >= 15 is 0 Å². The van der Waals surface area contributed by atoms with E-state index in [1.807, 2.05) is 32.0 Å². The highest BCUT2D eigenvalue weighted by Gasteiger charge is 2.22. The summed E-state index contributed by atoms with van der Waals surface area (Å²) >= 11 is 6.11. The molecule has 2 aromatic rings. The first kappa shape index (κ1) is 18.7. The zero-order chi connectivity index (χ0) is 18.5. The van der Waals surface area contributed by atoms with Gasteiger partial charge in [0.1, 0.15) is 12.4 Å². The number of nitrogens with zero attached hydrogens (tertiary/aromatic N) is 3. The largest absolute Gasteiger partial charge is 0.444 e. The third-order valence-corrected chi connectivity index (χ3v) is 5.09. The van der Waals surface area contributed by atoms with Crippen molar-refractivity contribution in [3.63, 3.8) is 0 Å². The molecule has 1 saturated heterocycles. The van der Waals surface area contributed by atoms with Gasteiger partial charge in [0.15, 0.2) is 0 Å². The van der Waals surface area contributed by atoms with Crippen molar-refractivity contribution in [3.8, 4) is 0 Å². The molecule has 3 rings (SSSR count). The Morgan fingerprint density at radius 3 is 2.77 bits per heavy atom. The first-order valence-electron chi connectivity index (χ1n) is 8.84. The average Bonchev–Trinajstić information content (AvgIpc) is 2.83. The maximum absolute atomic E-state index is 12.4. The summed E-state index contributed by atoms with van der Waals surface area (Å²) in [6, 6.07) is 7.40. The molecule has 0 saturated carbocycles. The normalized spacial score (nSPS) is 15.7. The number of ether oxygens (including phenoxy) is 1. The summed E-state index contributed by atoms with van der Waals surface area (Å²) in [7, 11) is 0. The summed E-state index contributed by atoms with van der Waals surface area (Å²) in [6.07, 6.45) is 0.619. The third kappa shape index (κ3) is 4.56. The molecule has 1 fully saturated rings. The number of carbonyl (C=O) groups is 1. The van der Waals surface area contributed by atoms with Crippen LogP contribution >= 0.6 is 11.6 Å². The van der Waals surface area contributed by atoms with Gasteiger partial charge in [-0.25, -0.2) is 4.79 Å². The smallest absolute Gasteiger partial charge is 0.410 e. The maximum Gasteiger partial charge on any atom is 0.410 e. The Morgan fingerprint density at radius 1 is 1.23 bits per heavy atom. The topological polar surface area (TPSA) is 58.8 Å². The molecule has 0 unspecified atom stereocenters. The molecule has 1 aromatic carbocycles. The fourth-order valence-electron chi connectivity index (χ4n) is 3.11. The van der Waals surface area contributed by atoms with Crippen molar-refractivity contribution in [2.45, 2.75) is 33.4 Å². The van der Waals surface area contributed by atoms with E-state index in [0.29, 0.717) is 18.1 Å². The lowest BCUT2D eigenvalue weighted by molar-refractivity contribution is 0.0972. The van der Waals surface area contributed by atoms with E-state index in [0.717, 1.165) is 48.6 Å². The van der Waals surface area contributed by atoms with Gasteiger partial charge >= 0.3 is 6.09 Å². The number of aryl methyl sites for hydroxylation is 2. The van der Waals surface area contributed by atoms with E-state index in [9.17, 15) is 4.79 Å². The molecule has 0 radical (unpaired) electrons. The molecule has 1 aromatic heterocycles. The monoisotopic (exact) mass is 377 g/mol. The molecule has 140 valence electrons. The molecule has 0 spiro atoms. The highest BCUT2D eigenvalue weighted by molar-refractivity contribution is 6.31. The Hall–Kier alpha value is -2.05. The number of hydrogen-bond donors (Lipinski definition) is 0. The molecule has 0 aliphatic carbocycles. The number of halogens is 1. The second-order valence-corrected chi connectivity index (χ2v) is 6.97. The number of rotatable bonds is 4. The van der Waals surface area contributed by atoms with E-state index in [-0.39, 0.29) is 12.7 Å². The Morgan fingerprint density at radius 2 is 2.04 bits per heavy atom. The Balaban J connectivity index is 1.51. The predicted molar refractivity (Wildman–Crippen MR) is 99.1 cm³/mol. The highest BCUT2D eigenvalue weighted by Crippen LogP contribution is 2.18. The van der Waals surface area contributed by atoms with Crippen LogP contribution in [0, 0.1) is 13.8 Å². The van der Waals surface area contributed by atoms with Gasteiger partial charge in [0.05, 0.1) is 5.69 Å². The Kier molecular flexibility index (Phi) is 6.16. The zero-order valence-corrected chi connectivity index (χ0v) is 16.0. The van der Waals surface area contributed by atoms with E-state index in [1.165, 1.54) is 0 Å². The molecular weight excluding hydrogens is 354 g/mol. The van der Waals surface area contributed by atoms with Crippen LogP contribution in [0.1, 0.15) is 29.0 Å². The maximum atomic E-state index is 12.4. The predicted octanol–water partition coefficient (Wildman–Crippen LogP) is 3.79. The van der Waals surface area contributed by atoms with Crippen LogP contribution in [0.3, 0.4) is 0 Å². The molecule has 6 nitrogen and oxygen atoms in total. The SMILES string of the molecule is Cc1noc(C)c1CN1CCCN(C(=O)OCc2ccccc2Cl)CC1. The van der Waals surface area contributed by atoms with Gasteiger partial charge in [-0.05, 0) is 26.3 Å². The van der Waals surface area contributed by atoms with Crippen LogP contribution in [-0.4, -0.2) is 47.2 Å². The first-order chi connectivity index (χ1) is 12.5. The van der Waals surface area contributed by atoms with E-state index in [4.69, 9.17) is 20.9 Å². The molecule has 26 heavy (non-hydrogen) atoms. The minimum absolute atomic E-state index is 0.192. The number of hydrogen-bond acceptors (Lipinski definition) is 5. The molecular formula is C19H24ClN3O3. The van der Waals surface area contributed by atoms with Gasteiger partial charge in [0, 0.05) is 48.9 Å². The van der Waals surface area contributed by atoms with Gasteiger partial charge in [-0.2, -0.15) is 0 Å². The average molecular weight is 378 g/mol. The minimum atomic E-state index is -0.288. The van der Waals surface area contributed by atoms with Crippen LogP contribution in [0.2, 0.25) is 5.02 Å². The lowest BCUT2D eigenvalue weighted by atomic mass is 10.2. The third-order valence-electron chi connectivity index (χ3n) is 4.72. The Bertz CT molecular complexity index is 743. The summed E-state index contributed by atoms with van der Waals surface area (Å²) < 4.78 is 10.7. The van der Waals surface area contributed by atoms with Crippen LogP contribution in [0.25, 0.3) is 0 Å². The summed E-state index contributed by atoms with van der Waals surface area (Å²) in [5.41, 5.74) is 2.89. The summed E-state index contributed by atoms with van der Waals surface area (Å²) in [5.74, 6) is 0.864. The van der Waals surface area contributed by atoms with Crippen molar-refractivity contribution >= 4 is 17.7 Å². The fourth-order valence-corrected chi connectivity index (χ4v) is 3.30. The molecule has 1 amide bonds. The van der Waals surface area contributed by atoms with Crippen molar-refractivity contribution in [3.05, 3.63) is 51.9 Å². The van der Waals surface area contributed by atoms with Gasteiger partial charge in [0.25, 0.3) is 0 Å². The van der Waals surface area contributed by atoms with Crippen molar-refractivity contribution in [2.75, 3.05) is 26.2 Å². The van der Waals surface area contributed by atoms with Crippen molar-refractivity contribution < 1.29 is 14.1 Å². The van der Waals surface area contributed by atoms with Gasteiger partial charge in [0.2, 0.25) is 0 Å².